The van der Waals surface area contributed by atoms with Gasteiger partial charge in [0.15, 0.2) is 0 Å². The molecule has 2 heterocycles. The number of furan rings is 1. The number of pyridine rings is 1. The molecule has 0 spiro atoms. The maximum atomic E-state index is 10.7. The fourth-order valence-corrected chi connectivity index (χ4v) is 1.87. The van der Waals surface area contributed by atoms with Gasteiger partial charge in [0.1, 0.15) is 17.3 Å². The maximum absolute atomic E-state index is 10.7. The maximum Gasteiger partial charge on any atom is 0.290 e. The zero-order valence-electron chi connectivity index (χ0n) is 10.9. The lowest BCUT2D eigenvalue weighted by molar-refractivity contribution is -0.385. The van der Waals surface area contributed by atoms with Crippen molar-refractivity contribution in [2.24, 2.45) is 0 Å². The second kappa shape index (κ2) is 6.16. The molecular formula is C13H15N3O4. The van der Waals surface area contributed by atoms with Crippen molar-refractivity contribution in [3.8, 4) is 0 Å². The highest BCUT2D eigenvalue weighted by atomic mass is 16.6. The van der Waals surface area contributed by atoms with Gasteiger partial charge >= 0.3 is 0 Å². The van der Waals surface area contributed by atoms with Crippen molar-refractivity contribution >= 4 is 11.5 Å². The first kappa shape index (κ1) is 14.0. The third-order valence-corrected chi connectivity index (χ3v) is 2.85. The lowest BCUT2D eigenvalue weighted by Crippen LogP contribution is -2.26. The van der Waals surface area contributed by atoms with Crippen molar-refractivity contribution in [2.45, 2.75) is 19.4 Å². The molecule has 106 valence electrons. The molecule has 0 aliphatic rings. The average molecular weight is 277 g/mol. The molecule has 1 atom stereocenters. The number of nitro groups is 1. The van der Waals surface area contributed by atoms with E-state index in [0.29, 0.717) is 17.9 Å². The Morgan fingerprint density at radius 3 is 2.85 bits per heavy atom. The minimum Gasteiger partial charge on any atom is -0.469 e. The molecule has 0 saturated heterocycles. The van der Waals surface area contributed by atoms with Crippen molar-refractivity contribution in [2.75, 3.05) is 11.9 Å². The van der Waals surface area contributed by atoms with Gasteiger partial charge in [0, 0.05) is 12.5 Å². The van der Waals surface area contributed by atoms with Crippen molar-refractivity contribution < 1.29 is 14.4 Å². The topological polar surface area (TPSA) is 101 Å². The number of nitrogens with one attached hydrogen (secondary N) is 1. The molecule has 2 rings (SSSR count). The predicted molar refractivity (Wildman–Crippen MR) is 72.5 cm³/mol. The van der Waals surface area contributed by atoms with Crippen LogP contribution in [0.15, 0.2) is 34.9 Å². The van der Waals surface area contributed by atoms with Gasteiger partial charge in [-0.15, -0.1) is 0 Å². The van der Waals surface area contributed by atoms with Crippen LogP contribution in [0.1, 0.15) is 11.5 Å². The van der Waals surface area contributed by atoms with Crippen LogP contribution in [0, 0.1) is 17.0 Å². The number of aryl methyl sites for hydroxylation is 1. The normalized spacial score (nSPS) is 12.1. The quantitative estimate of drug-likeness (QED) is 0.617. The molecular weight excluding hydrogens is 262 g/mol. The van der Waals surface area contributed by atoms with E-state index in [2.05, 4.69) is 10.3 Å². The highest BCUT2D eigenvalue weighted by molar-refractivity contribution is 5.45. The molecule has 0 aliphatic heterocycles. The van der Waals surface area contributed by atoms with Crippen LogP contribution >= 0.6 is 0 Å². The van der Waals surface area contributed by atoms with Gasteiger partial charge in [0.25, 0.3) is 5.69 Å². The molecule has 0 aliphatic carbocycles. The predicted octanol–water partition coefficient (Wildman–Crippen LogP) is 1.91. The Hall–Kier alpha value is -2.41. The van der Waals surface area contributed by atoms with E-state index in [1.165, 1.54) is 12.1 Å². The molecule has 2 N–H and O–H groups in total. The van der Waals surface area contributed by atoms with Gasteiger partial charge in [-0.2, -0.15) is 0 Å². The SMILES string of the molecule is Cc1nc(NC(CO)Cc2ccco2)ccc1[N+](=O)[O-]. The summed E-state index contributed by atoms with van der Waals surface area (Å²) in [5.74, 6) is 1.23. The van der Waals surface area contributed by atoms with Crippen LogP contribution in [0.2, 0.25) is 0 Å². The van der Waals surface area contributed by atoms with E-state index in [9.17, 15) is 15.2 Å². The summed E-state index contributed by atoms with van der Waals surface area (Å²) in [6, 6.07) is 6.24. The Morgan fingerprint density at radius 1 is 1.50 bits per heavy atom. The first-order chi connectivity index (χ1) is 9.60. The molecule has 0 fully saturated rings. The Kier molecular flexibility index (Phi) is 4.31. The number of rotatable bonds is 6. The summed E-state index contributed by atoms with van der Waals surface area (Å²) in [6.45, 7) is 1.47. The Balaban J connectivity index is 2.07. The molecule has 7 heteroatoms. The van der Waals surface area contributed by atoms with Gasteiger partial charge in [-0.1, -0.05) is 0 Å². The van der Waals surface area contributed by atoms with E-state index in [-0.39, 0.29) is 18.3 Å². The van der Waals surface area contributed by atoms with E-state index in [4.69, 9.17) is 4.42 Å². The molecule has 0 radical (unpaired) electrons. The van der Waals surface area contributed by atoms with Crippen LogP contribution < -0.4 is 5.32 Å². The largest absolute Gasteiger partial charge is 0.469 e. The van der Waals surface area contributed by atoms with E-state index >= 15 is 0 Å². The first-order valence-electron chi connectivity index (χ1n) is 6.12. The zero-order valence-corrected chi connectivity index (χ0v) is 10.9. The number of nitrogens with zero attached hydrogens (tertiary/aromatic N) is 2. The van der Waals surface area contributed by atoms with Crippen molar-refractivity contribution in [1.29, 1.82) is 0 Å². The number of aromatic nitrogens is 1. The number of aliphatic hydroxyl groups excluding tert-OH is 1. The number of aliphatic hydroxyl groups is 1. The van der Waals surface area contributed by atoms with E-state index in [1.54, 1.807) is 19.3 Å². The van der Waals surface area contributed by atoms with Gasteiger partial charge in [-0.3, -0.25) is 10.1 Å². The van der Waals surface area contributed by atoms with E-state index < -0.39 is 4.92 Å². The van der Waals surface area contributed by atoms with Crippen LogP contribution in [0.5, 0.6) is 0 Å². The minimum atomic E-state index is -0.474. The summed E-state index contributed by atoms with van der Waals surface area (Å²) in [6.07, 6.45) is 2.07. The summed E-state index contributed by atoms with van der Waals surface area (Å²) < 4.78 is 5.22. The summed E-state index contributed by atoms with van der Waals surface area (Å²) in [7, 11) is 0. The Morgan fingerprint density at radius 2 is 2.30 bits per heavy atom. The number of hydrogen-bond donors (Lipinski definition) is 2. The van der Waals surface area contributed by atoms with Crippen molar-refractivity contribution in [3.05, 3.63) is 52.1 Å². The average Bonchev–Trinajstić information content (AvgIpc) is 2.90. The summed E-state index contributed by atoms with van der Waals surface area (Å²) in [5, 5.41) is 23.1. The molecule has 0 bridgehead atoms. The highest BCUT2D eigenvalue weighted by Gasteiger charge is 2.15. The molecule has 0 amide bonds. The fraction of sp³-hybridized carbons (Fsp3) is 0.308. The second-order valence-corrected chi connectivity index (χ2v) is 4.37. The summed E-state index contributed by atoms with van der Waals surface area (Å²) in [4.78, 5) is 14.4. The van der Waals surface area contributed by atoms with Crippen LogP contribution in [0.25, 0.3) is 0 Å². The zero-order chi connectivity index (χ0) is 14.5. The van der Waals surface area contributed by atoms with Crippen molar-refractivity contribution in [1.82, 2.24) is 4.98 Å². The molecule has 20 heavy (non-hydrogen) atoms. The van der Waals surface area contributed by atoms with E-state index in [1.807, 2.05) is 6.07 Å². The third kappa shape index (κ3) is 3.33. The van der Waals surface area contributed by atoms with Crippen LogP contribution in [0.4, 0.5) is 11.5 Å². The lowest BCUT2D eigenvalue weighted by atomic mass is 10.2. The van der Waals surface area contributed by atoms with Gasteiger partial charge in [-0.25, -0.2) is 4.98 Å². The number of hydrogen-bond acceptors (Lipinski definition) is 6. The molecule has 0 saturated carbocycles. The Labute approximate surface area is 115 Å². The van der Waals surface area contributed by atoms with Crippen LogP contribution in [-0.4, -0.2) is 27.7 Å². The lowest BCUT2D eigenvalue weighted by Gasteiger charge is -2.15. The first-order valence-corrected chi connectivity index (χ1v) is 6.12. The monoisotopic (exact) mass is 277 g/mol. The fourth-order valence-electron chi connectivity index (χ4n) is 1.87. The summed E-state index contributed by atoms with van der Waals surface area (Å²) in [5.41, 5.74) is 0.303. The molecule has 2 aromatic rings. The smallest absolute Gasteiger partial charge is 0.290 e. The standard InChI is InChI=1S/C13H15N3O4/c1-9-12(16(18)19)4-5-13(14-9)15-10(8-17)7-11-3-2-6-20-11/h2-6,10,17H,7-8H2,1H3,(H,14,15). The van der Waals surface area contributed by atoms with Crippen LogP contribution in [0.3, 0.4) is 0 Å². The Bertz CT molecular complexity index is 583. The number of anilines is 1. The molecule has 7 nitrogen and oxygen atoms in total. The minimum absolute atomic E-state index is 0.0258. The molecule has 2 aromatic heterocycles. The second-order valence-electron chi connectivity index (χ2n) is 4.37. The molecule has 1 unspecified atom stereocenters. The molecule has 0 aromatic carbocycles. The van der Waals surface area contributed by atoms with Gasteiger partial charge in [0.05, 0.1) is 23.8 Å². The summed E-state index contributed by atoms with van der Waals surface area (Å²) >= 11 is 0. The highest BCUT2D eigenvalue weighted by Crippen LogP contribution is 2.18. The van der Waals surface area contributed by atoms with Crippen LogP contribution in [-0.2, 0) is 6.42 Å². The van der Waals surface area contributed by atoms with Crippen molar-refractivity contribution in [3.63, 3.8) is 0 Å². The van der Waals surface area contributed by atoms with Gasteiger partial charge in [-0.05, 0) is 25.1 Å². The van der Waals surface area contributed by atoms with E-state index in [0.717, 1.165) is 5.76 Å². The third-order valence-electron chi connectivity index (χ3n) is 2.85. The van der Waals surface area contributed by atoms with Gasteiger partial charge in [0.2, 0.25) is 0 Å². The van der Waals surface area contributed by atoms with Gasteiger partial charge < -0.3 is 14.8 Å².